The van der Waals surface area contributed by atoms with E-state index in [-0.39, 0.29) is 5.91 Å². The van der Waals surface area contributed by atoms with E-state index in [1.807, 2.05) is 60.8 Å². The van der Waals surface area contributed by atoms with Gasteiger partial charge in [0.15, 0.2) is 0 Å². The highest BCUT2D eigenvalue weighted by Crippen LogP contribution is 2.19. The molecule has 0 saturated carbocycles. The molecule has 0 aliphatic rings. The van der Waals surface area contributed by atoms with Crippen LogP contribution in [0.2, 0.25) is 0 Å². The Labute approximate surface area is 136 Å². The van der Waals surface area contributed by atoms with Gasteiger partial charge in [-0.3, -0.25) is 9.20 Å². The molecule has 1 amide bonds. The number of nitrogens with one attached hydrogen (secondary N) is 1. The molecule has 0 saturated heterocycles. The molecule has 0 bridgehead atoms. The van der Waals surface area contributed by atoms with Crippen molar-refractivity contribution in [3.05, 3.63) is 65.1 Å². The molecule has 1 aromatic carbocycles. The van der Waals surface area contributed by atoms with E-state index in [4.69, 9.17) is 0 Å². The molecule has 0 unspecified atom stereocenters. The molecule has 3 aromatic rings. The number of hydrogen-bond acceptors (Lipinski definition) is 2. The van der Waals surface area contributed by atoms with Gasteiger partial charge in [-0.2, -0.15) is 0 Å². The SMILES string of the molecule is Cc1ccc2nc(C)c(C(=O)Nc3ccc(C(C)C)cc3)n2c1. The van der Waals surface area contributed by atoms with E-state index in [9.17, 15) is 4.79 Å². The van der Waals surface area contributed by atoms with E-state index in [1.54, 1.807) is 0 Å². The van der Waals surface area contributed by atoms with Gasteiger partial charge in [0.25, 0.3) is 5.91 Å². The van der Waals surface area contributed by atoms with Crippen LogP contribution in [0.3, 0.4) is 0 Å². The average molecular weight is 307 g/mol. The highest BCUT2D eigenvalue weighted by molar-refractivity contribution is 6.04. The van der Waals surface area contributed by atoms with Gasteiger partial charge in [-0.1, -0.05) is 32.0 Å². The summed E-state index contributed by atoms with van der Waals surface area (Å²) in [6, 6.07) is 11.9. The highest BCUT2D eigenvalue weighted by Gasteiger charge is 2.16. The summed E-state index contributed by atoms with van der Waals surface area (Å²) in [7, 11) is 0. The number of imidazole rings is 1. The van der Waals surface area contributed by atoms with Gasteiger partial charge in [-0.25, -0.2) is 4.98 Å². The Morgan fingerprint density at radius 2 is 1.78 bits per heavy atom. The van der Waals surface area contributed by atoms with Crippen molar-refractivity contribution in [2.75, 3.05) is 5.32 Å². The first kappa shape index (κ1) is 15.3. The van der Waals surface area contributed by atoms with Crippen LogP contribution in [-0.2, 0) is 0 Å². The first-order chi connectivity index (χ1) is 11.0. The number of carbonyl (C=O) groups is 1. The maximum Gasteiger partial charge on any atom is 0.274 e. The summed E-state index contributed by atoms with van der Waals surface area (Å²) in [5, 5.41) is 2.96. The van der Waals surface area contributed by atoms with Crippen LogP contribution in [0.25, 0.3) is 5.65 Å². The van der Waals surface area contributed by atoms with E-state index in [2.05, 4.69) is 24.1 Å². The lowest BCUT2D eigenvalue weighted by atomic mass is 10.0. The molecule has 0 atom stereocenters. The molecule has 23 heavy (non-hydrogen) atoms. The van der Waals surface area contributed by atoms with E-state index < -0.39 is 0 Å². The fourth-order valence-corrected chi connectivity index (χ4v) is 2.68. The van der Waals surface area contributed by atoms with Crippen molar-refractivity contribution < 1.29 is 4.79 Å². The number of carbonyl (C=O) groups excluding carboxylic acids is 1. The zero-order valence-corrected chi connectivity index (χ0v) is 13.9. The maximum atomic E-state index is 12.7. The quantitative estimate of drug-likeness (QED) is 0.783. The fraction of sp³-hybridized carbons (Fsp3) is 0.263. The number of amides is 1. The molecule has 4 nitrogen and oxygen atoms in total. The summed E-state index contributed by atoms with van der Waals surface area (Å²) in [5.41, 5.74) is 5.23. The molecule has 0 spiro atoms. The third-order valence-corrected chi connectivity index (χ3v) is 3.99. The molecular formula is C19H21N3O. The Hall–Kier alpha value is -2.62. The van der Waals surface area contributed by atoms with Crippen LogP contribution in [0, 0.1) is 13.8 Å². The van der Waals surface area contributed by atoms with Crippen LogP contribution in [-0.4, -0.2) is 15.3 Å². The zero-order chi connectivity index (χ0) is 16.6. The molecule has 118 valence electrons. The molecule has 2 heterocycles. The van der Waals surface area contributed by atoms with Gasteiger partial charge in [-0.15, -0.1) is 0 Å². The second-order valence-electron chi connectivity index (χ2n) is 6.21. The number of benzene rings is 1. The summed E-state index contributed by atoms with van der Waals surface area (Å²) < 4.78 is 1.85. The first-order valence-corrected chi connectivity index (χ1v) is 7.82. The van der Waals surface area contributed by atoms with Crippen molar-refractivity contribution in [1.29, 1.82) is 0 Å². The van der Waals surface area contributed by atoms with Crippen LogP contribution >= 0.6 is 0 Å². The van der Waals surface area contributed by atoms with Gasteiger partial charge in [0.05, 0.1) is 5.69 Å². The highest BCUT2D eigenvalue weighted by atomic mass is 16.2. The molecule has 0 aliphatic carbocycles. The number of hydrogen-bond donors (Lipinski definition) is 1. The standard InChI is InChI=1S/C19H21N3O/c1-12(2)15-6-8-16(9-7-15)21-19(23)18-14(4)20-17-10-5-13(3)11-22(17)18/h5-12H,1-4H3,(H,21,23). The van der Waals surface area contributed by atoms with Crippen molar-refractivity contribution in [2.24, 2.45) is 0 Å². The van der Waals surface area contributed by atoms with Crippen molar-refractivity contribution in [3.8, 4) is 0 Å². The van der Waals surface area contributed by atoms with Gasteiger partial charge in [-0.05, 0) is 49.1 Å². The minimum Gasteiger partial charge on any atom is -0.321 e. The summed E-state index contributed by atoms with van der Waals surface area (Å²) in [6.45, 7) is 8.16. The van der Waals surface area contributed by atoms with Gasteiger partial charge < -0.3 is 5.32 Å². The number of aromatic nitrogens is 2. The molecule has 0 radical (unpaired) electrons. The number of nitrogens with zero attached hydrogens (tertiary/aromatic N) is 2. The van der Waals surface area contributed by atoms with Gasteiger partial charge >= 0.3 is 0 Å². The summed E-state index contributed by atoms with van der Waals surface area (Å²) >= 11 is 0. The zero-order valence-electron chi connectivity index (χ0n) is 13.9. The molecule has 0 fully saturated rings. The molecule has 1 N–H and O–H groups in total. The van der Waals surface area contributed by atoms with Crippen molar-refractivity contribution in [1.82, 2.24) is 9.38 Å². The van der Waals surface area contributed by atoms with E-state index >= 15 is 0 Å². The Balaban J connectivity index is 1.91. The Morgan fingerprint density at radius 1 is 1.09 bits per heavy atom. The van der Waals surface area contributed by atoms with E-state index in [0.29, 0.717) is 11.6 Å². The van der Waals surface area contributed by atoms with Crippen molar-refractivity contribution in [2.45, 2.75) is 33.6 Å². The van der Waals surface area contributed by atoms with Crippen LogP contribution in [0.1, 0.15) is 47.1 Å². The largest absolute Gasteiger partial charge is 0.321 e. The van der Waals surface area contributed by atoms with Crippen LogP contribution in [0.5, 0.6) is 0 Å². The lowest BCUT2D eigenvalue weighted by molar-refractivity contribution is 0.102. The van der Waals surface area contributed by atoms with E-state index in [1.165, 1.54) is 5.56 Å². The number of fused-ring (bicyclic) bond motifs is 1. The molecule has 2 aromatic heterocycles. The Bertz CT molecular complexity index is 860. The average Bonchev–Trinajstić information content (AvgIpc) is 2.83. The Morgan fingerprint density at radius 3 is 2.43 bits per heavy atom. The Kier molecular flexibility index (Phi) is 3.90. The van der Waals surface area contributed by atoms with Gasteiger partial charge in [0.2, 0.25) is 0 Å². The second kappa shape index (κ2) is 5.88. The minimum absolute atomic E-state index is 0.141. The molecular weight excluding hydrogens is 286 g/mol. The third-order valence-electron chi connectivity index (χ3n) is 3.99. The first-order valence-electron chi connectivity index (χ1n) is 7.82. The third kappa shape index (κ3) is 2.97. The van der Waals surface area contributed by atoms with Crippen LogP contribution in [0.15, 0.2) is 42.6 Å². The van der Waals surface area contributed by atoms with Gasteiger partial charge in [0, 0.05) is 11.9 Å². The predicted octanol–water partition coefficient (Wildman–Crippen LogP) is 4.33. The summed E-state index contributed by atoms with van der Waals surface area (Å²) in [5.74, 6) is 0.335. The van der Waals surface area contributed by atoms with Crippen molar-refractivity contribution in [3.63, 3.8) is 0 Å². The second-order valence-corrected chi connectivity index (χ2v) is 6.21. The summed E-state index contributed by atoms with van der Waals surface area (Å²) in [6.07, 6.45) is 1.94. The number of anilines is 1. The minimum atomic E-state index is -0.141. The molecule has 0 aliphatic heterocycles. The normalized spacial score (nSPS) is 11.2. The van der Waals surface area contributed by atoms with E-state index in [0.717, 1.165) is 22.6 Å². The maximum absolute atomic E-state index is 12.7. The molecule has 3 rings (SSSR count). The summed E-state index contributed by atoms with van der Waals surface area (Å²) in [4.78, 5) is 17.1. The van der Waals surface area contributed by atoms with Gasteiger partial charge in [0.1, 0.15) is 11.3 Å². The molecule has 4 heteroatoms. The number of aryl methyl sites for hydroxylation is 2. The number of pyridine rings is 1. The fourth-order valence-electron chi connectivity index (χ4n) is 2.68. The monoisotopic (exact) mass is 307 g/mol. The topological polar surface area (TPSA) is 46.4 Å². The lowest BCUT2D eigenvalue weighted by Gasteiger charge is -2.09. The van der Waals surface area contributed by atoms with Crippen molar-refractivity contribution >= 4 is 17.2 Å². The smallest absolute Gasteiger partial charge is 0.274 e. The predicted molar refractivity (Wildman–Crippen MR) is 93.2 cm³/mol. The number of rotatable bonds is 3. The lowest BCUT2D eigenvalue weighted by Crippen LogP contribution is -2.15. The van der Waals surface area contributed by atoms with Crippen LogP contribution in [0.4, 0.5) is 5.69 Å². The van der Waals surface area contributed by atoms with Crippen LogP contribution < -0.4 is 5.32 Å².